The van der Waals surface area contributed by atoms with E-state index in [1.54, 1.807) is 24.3 Å². The van der Waals surface area contributed by atoms with Crippen LogP contribution in [-0.2, 0) is 10.0 Å². The fourth-order valence-electron chi connectivity index (χ4n) is 3.01. The molecule has 5 heteroatoms. The Morgan fingerprint density at radius 3 is 2.35 bits per heavy atom. The molecule has 2 atom stereocenters. The van der Waals surface area contributed by atoms with Crippen molar-refractivity contribution in [3.8, 4) is 0 Å². The Hall–Kier alpha value is -1.72. The lowest BCUT2D eigenvalue weighted by Gasteiger charge is -2.36. The number of hydrogen-bond acceptors (Lipinski definition) is 2. The minimum Gasteiger partial charge on any atom is -0.247 e. The van der Waals surface area contributed by atoms with Crippen LogP contribution in [0.4, 0.5) is 4.39 Å². The molecule has 1 aliphatic heterocycles. The predicted molar refractivity (Wildman–Crippen MR) is 88.4 cm³/mol. The van der Waals surface area contributed by atoms with E-state index in [9.17, 15) is 12.8 Å². The molecule has 0 aliphatic carbocycles. The van der Waals surface area contributed by atoms with Crippen LogP contribution in [0.5, 0.6) is 0 Å². The van der Waals surface area contributed by atoms with E-state index in [1.165, 1.54) is 4.31 Å². The standard InChI is InChI=1S/C18H20FNO2S/c1-14-7-9-17(10-8-14)23(21,22)20-12-11-16(19)13-18(20)15-5-3-2-4-6-15/h2-10,16,18H,11-13H2,1H3/t16-,18+/m1/s1. The molecule has 2 aromatic carbocycles. The van der Waals surface area contributed by atoms with E-state index in [0.717, 1.165) is 11.1 Å². The molecule has 0 spiro atoms. The van der Waals surface area contributed by atoms with E-state index < -0.39 is 22.2 Å². The molecule has 0 radical (unpaired) electrons. The molecule has 2 aromatic rings. The molecule has 1 heterocycles. The number of rotatable bonds is 3. The maximum atomic E-state index is 13.9. The first-order chi connectivity index (χ1) is 11.0. The number of piperidine rings is 1. The molecule has 23 heavy (non-hydrogen) atoms. The summed E-state index contributed by atoms with van der Waals surface area (Å²) >= 11 is 0. The first-order valence-corrected chi connectivity index (χ1v) is 9.20. The maximum Gasteiger partial charge on any atom is 0.243 e. The van der Waals surface area contributed by atoms with Crippen molar-refractivity contribution in [3.05, 3.63) is 65.7 Å². The Labute approximate surface area is 136 Å². The molecular weight excluding hydrogens is 313 g/mol. The average molecular weight is 333 g/mol. The Morgan fingerprint density at radius 2 is 1.70 bits per heavy atom. The summed E-state index contributed by atoms with van der Waals surface area (Å²) in [6.07, 6.45) is -0.520. The summed E-state index contributed by atoms with van der Waals surface area (Å²) in [5, 5.41) is 0. The molecule has 0 bridgehead atoms. The van der Waals surface area contributed by atoms with Gasteiger partial charge >= 0.3 is 0 Å². The molecule has 0 aromatic heterocycles. The van der Waals surface area contributed by atoms with E-state index in [0.29, 0.717) is 0 Å². The lowest BCUT2D eigenvalue weighted by molar-refractivity contribution is 0.156. The van der Waals surface area contributed by atoms with Gasteiger partial charge in [0.1, 0.15) is 6.17 Å². The first kappa shape index (κ1) is 16.1. The molecule has 0 N–H and O–H groups in total. The zero-order chi connectivity index (χ0) is 16.4. The quantitative estimate of drug-likeness (QED) is 0.855. The summed E-state index contributed by atoms with van der Waals surface area (Å²) in [6, 6.07) is 15.7. The predicted octanol–water partition coefficient (Wildman–Crippen LogP) is 3.86. The molecule has 3 nitrogen and oxygen atoms in total. The monoisotopic (exact) mass is 333 g/mol. The van der Waals surface area contributed by atoms with Gasteiger partial charge in [0.05, 0.1) is 10.9 Å². The SMILES string of the molecule is Cc1ccc(S(=O)(=O)N2CC[C@@H](F)C[C@H]2c2ccccc2)cc1. The maximum absolute atomic E-state index is 13.9. The number of aryl methyl sites for hydroxylation is 1. The van der Waals surface area contributed by atoms with Crippen molar-refractivity contribution in [2.24, 2.45) is 0 Å². The van der Waals surface area contributed by atoms with Crippen LogP contribution in [0.15, 0.2) is 59.5 Å². The first-order valence-electron chi connectivity index (χ1n) is 7.76. The molecule has 3 rings (SSSR count). The Morgan fingerprint density at radius 1 is 1.04 bits per heavy atom. The third kappa shape index (κ3) is 3.31. The summed E-state index contributed by atoms with van der Waals surface area (Å²) in [5.41, 5.74) is 1.84. The molecule has 0 unspecified atom stereocenters. The Bertz CT molecular complexity index is 759. The van der Waals surface area contributed by atoms with E-state index in [-0.39, 0.29) is 24.3 Å². The van der Waals surface area contributed by atoms with Crippen LogP contribution in [0.2, 0.25) is 0 Å². The Balaban J connectivity index is 1.99. The van der Waals surface area contributed by atoms with Gasteiger partial charge in [-0.25, -0.2) is 12.8 Å². The number of hydrogen-bond donors (Lipinski definition) is 0. The van der Waals surface area contributed by atoms with Gasteiger partial charge in [-0.1, -0.05) is 48.0 Å². The minimum absolute atomic E-state index is 0.203. The molecule has 1 fully saturated rings. The van der Waals surface area contributed by atoms with Crippen LogP contribution in [0.3, 0.4) is 0 Å². The summed E-state index contributed by atoms with van der Waals surface area (Å²) in [4.78, 5) is 0.265. The van der Waals surface area contributed by atoms with Crippen LogP contribution in [0.1, 0.15) is 30.0 Å². The van der Waals surface area contributed by atoms with Gasteiger partial charge < -0.3 is 0 Å². The van der Waals surface area contributed by atoms with Gasteiger partial charge in [-0.2, -0.15) is 4.31 Å². The average Bonchev–Trinajstić information content (AvgIpc) is 2.56. The smallest absolute Gasteiger partial charge is 0.243 e. The highest BCUT2D eigenvalue weighted by Crippen LogP contribution is 2.36. The number of benzene rings is 2. The molecule has 122 valence electrons. The molecule has 0 amide bonds. The van der Waals surface area contributed by atoms with Crippen molar-refractivity contribution in [2.75, 3.05) is 6.54 Å². The van der Waals surface area contributed by atoms with Crippen LogP contribution < -0.4 is 0 Å². The second-order valence-corrected chi connectivity index (χ2v) is 7.87. The van der Waals surface area contributed by atoms with Crippen LogP contribution in [0, 0.1) is 6.92 Å². The van der Waals surface area contributed by atoms with Crippen molar-refractivity contribution >= 4 is 10.0 Å². The minimum atomic E-state index is -3.63. The highest BCUT2D eigenvalue weighted by Gasteiger charge is 2.37. The number of alkyl halides is 1. The molecular formula is C18H20FNO2S. The number of sulfonamides is 1. The van der Waals surface area contributed by atoms with Gasteiger partial charge in [-0.05, 0) is 37.5 Å². The largest absolute Gasteiger partial charge is 0.247 e. The lowest BCUT2D eigenvalue weighted by atomic mass is 9.96. The van der Waals surface area contributed by atoms with Crippen LogP contribution >= 0.6 is 0 Å². The molecule has 0 saturated carbocycles. The zero-order valence-electron chi connectivity index (χ0n) is 13.0. The van der Waals surface area contributed by atoms with E-state index in [1.807, 2.05) is 37.3 Å². The van der Waals surface area contributed by atoms with E-state index in [2.05, 4.69) is 0 Å². The normalized spacial score (nSPS) is 22.9. The van der Waals surface area contributed by atoms with E-state index in [4.69, 9.17) is 0 Å². The van der Waals surface area contributed by atoms with Gasteiger partial charge in [0.25, 0.3) is 0 Å². The summed E-state index contributed by atoms with van der Waals surface area (Å²) in [7, 11) is -3.63. The lowest BCUT2D eigenvalue weighted by Crippen LogP contribution is -2.41. The topological polar surface area (TPSA) is 37.4 Å². The van der Waals surface area contributed by atoms with E-state index >= 15 is 0 Å². The summed E-state index contributed by atoms with van der Waals surface area (Å²) in [6.45, 7) is 2.12. The van der Waals surface area contributed by atoms with Gasteiger partial charge in [0.15, 0.2) is 0 Å². The molecule has 1 aliphatic rings. The Kier molecular flexibility index (Phi) is 4.50. The summed E-state index contributed by atoms with van der Waals surface area (Å²) in [5.74, 6) is 0. The summed E-state index contributed by atoms with van der Waals surface area (Å²) < 4.78 is 41.3. The second-order valence-electron chi connectivity index (χ2n) is 5.98. The van der Waals surface area contributed by atoms with Gasteiger partial charge in [0.2, 0.25) is 10.0 Å². The molecule has 1 saturated heterocycles. The van der Waals surface area contributed by atoms with Gasteiger partial charge in [-0.3, -0.25) is 0 Å². The van der Waals surface area contributed by atoms with Crippen molar-refractivity contribution in [2.45, 2.75) is 36.9 Å². The third-order valence-corrected chi connectivity index (χ3v) is 6.22. The third-order valence-electron chi connectivity index (χ3n) is 4.30. The fourth-order valence-corrected chi connectivity index (χ4v) is 4.65. The fraction of sp³-hybridized carbons (Fsp3) is 0.333. The van der Waals surface area contributed by atoms with Crippen molar-refractivity contribution in [1.82, 2.24) is 4.31 Å². The van der Waals surface area contributed by atoms with Crippen LogP contribution in [0.25, 0.3) is 0 Å². The number of nitrogens with zero attached hydrogens (tertiary/aromatic N) is 1. The number of halogens is 1. The highest BCUT2D eigenvalue weighted by atomic mass is 32.2. The second kappa shape index (κ2) is 6.42. The van der Waals surface area contributed by atoms with Crippen LogP contribution in [-0.4, -0.2) is 25.4 Å². The van der Waals surface area contributed by atoms with Crippen molar-refractivity contribution < 1.29 is 12.8 Å². The zero-order valence-corrected chi connectivity index (χ0v) is 13.8. The van der Waals surface area contributed by atoms with Gasteiger partial charge in [0, 0.05) is 6.54 Å². The van der Waals surface area contributed by atoms with Crippen molar-refractivity contribution in [3.63, 3.8) is 0 Å². The highest BCUT2D eigenvalue weighted by molar-refractivity contribution is 7.89. The van der Waals surface area contributed by atoms with Gasteiger partial charge in [-0.15, -0.1) is 0 Å². The van der Waals surface area contributed by atoms with Crippen molar-refractivity contribution in [1.29, 1.82) is 0 Å².